The second kappa shape index (κ2) is 33.5. The molecule has 0 amide bonds. The van der Waals surface area contributed by atoms with E-state index in [0.29, 0.717) is 13.2 Å². The number of carbonyl (C=O) groups is 1. The molecule has 0 bridgehead atoms. The highest BCUT2D eigenvalue weighted by Gasteiger charge is 2.03. The number of hydrogen-bond acceptors (Lipinski definition) is 3. The molecule has 0 spiro atoms. The summed E-state index contributed by atoms with van der Waals surface area (Å²) in [6, 6.07) is 0. The van der Waals surface area contributed by atoms with Crippen molar-refractivity contribution in [3.05, 3.63) is 36.5 Å². The van der Waals surface area contributed by atoms with Gasteiger partial charge >= 0.3 is 6.16 Å². The van der Waals surface area contributed by atoms with Gasteiger partial charge in [-0.25, -0.2) is 4.79 Å². The summed E-state index contributed by atoms with van der Waals surface area (Å²) >= 11 is 0. The van der Waals surface area contributed by atoms with E-state index in [4.69, 9.17) is 9.47 Å². The van der Waals surface area contributed by atoms with Gasteiger partial charge in [0.25, 0.3) is 0 Å². The lowest BCUT2D eigenvalue weighted by Gasteiger charge is -2.06. The van der Waals surface area contributed by atoms with Gasteiger partial charge in [0, 0.05) is 0 Å². The number of rotatable bonds is 29. The van der Waals surface area contributed by atoms with Gasteiger partial charge in [-0.3, -0.25) is 0 Å². The maximum atomic E-state index is 11.7. The maximum Gasteiger partial charge on any atom is 0.508 e. The summed E-state index contributed by atoms with van der Waals surface area (Å²) in [4.78, 5) is 11.7. The Labute approximate surface area is 237 Å². The van der Waals surface area contributed by atoms with Gasteiger partial charge in [0.05, 0.1) is 13.2 Å². The second-order valence-corrected chi connectivity index (χ2v) is 10.8. The molecule has 0 heterocycles. The fourth-order valence-corrected chi connectivity index (χ4v) is 4.44. The third kappa shape index (κ3) is 32.5. The van der Waals surface area contributed by atoms with Crippen LogP contribution < -0.4 is 0 Å². The van der Waals surface area contributed by atoms with Crippen LogP contribution in [0.1, 0.15) is 168 Å². The standard InChI is InChI=1S/C35H64O3/c1-3-5-7-9-11-13-15-17-19-20-22-24-26-28-30-32-34-38-35(36)37-33-31-29-27-25-23-21-18-16-14-12-10-8-6-4-2/h11,13-14,16-17,19H,3-10,12,15,18,20-34H2,1-2H3. The van der Waals surface area contributed by atoms with E-state index in [1.807, 2.05) is 0 Å². The van der Waals surface area contributed by atoms with E-state index in [0.717, 1.165) is 32.1 Å². The van der Waals surface area contributed by atoms with E-state index >= 15 is 0 Å². The molecule has 0 N–H and O–H groups in total. The Kier molecular flexibility index (Phi) is 32.2. The normalized spacial score (nSPS) is 11.8. The quantitative estimate of drug-likeness (QED) is 0.0546. The first-order valence-electron chi connectivity index (χ1n) is 16.6. The molecule has 0 aromatic heterocycles. The fraction of sp³-hybridized carbons (Fsp3) is 0.800. The molecule has 0 radical (unpaired) electrons. The number of hydrogen-bond donors (Lipinski definition) is 0. The van der Waals surface area contributed by atoms with Crippen molar-refractivity contribution in [1.29, 1.82) is 0 Å². The number of unbranched alkanes of at least 4 members (excludes halogenated alkanes) is 19. The van der Waals surface area contributed by atoms with Crippen LogP contribution in [0.3, 0.4) is 0 Å². The molecule has 0 saturated heterocycles. The number of allylic oxidation sites excluding steroid dienone is 6. The average molecular weight is 533 g/mol. The van der Waals surface area contributed by atoms with Gasteiger partial charge in [0.1, 0.15) is 0 Å². The smallest absolute Gasteiger partial charge is 0.434 e. The maximum absolute atomic E-state index is 11.7. The highest BCUT2D eigenvalue weighted by atomic mass is 16.7. The largest absolute Gasteiger partial charge is 0.508 e. The third-order valence-corrected chi connectivity index (χ3v) is 6.94. The van der Waals surface area contributed by atoms with E-state index in [2.05, 4.69) is 50.3 Å². The van der Waals surface area contributed by atoms with Crippen molar-refractivity contribution < 1.29 is 14.3 Å². The molecule has 3 heteroatoms. The van der Waals surface area contributed by atoms with Crippen molar-refractivity contribution >= 4 is 6.16 Å². The summed E-state index contributed by atoms with van der Waals surface area (Å²) in [5.41, 5.74) is 0. The van der Waals surface area contributed by atoms with Crippen LogP contribution in [-0.2, 0) is 9.47 Å². The van der Waals surface area contributed by atoms with Gasteiger partial charge in [0.15, 0.2) is 0 Å². The van der Waals surface area contributed by atoms with Gasteiger partial charge in [-0.2, -0.15) is 0 Å². The minimum absolute atomic E-state index is 0.487. The van der Waals surface area contributed by atoms with Crippen LogP contribution in [0.15, 0.2) is 36.5 Å². The van der Waals surface area contributed by atoms with Gasteiger partial charge in [0.2, 0.25) is 0 Å². The minimum Gasteiger partial charge on any atom is -0.434 e. The van der Waals surface area contributed by atoms with Gasteiger partial charge in [-0.05, 0) is 70.6 Å². The summed E-state index contributed by atoms with van der Waals surface area (Å²) in [6.07, 6.45) is 43.1. The molecule has 222 valence electrons. The van der Waals surface area contributed by atoms with Crippen LogP contribution in [0.25, 0.3) is 0 Å². The molecule has 0 atom stereocenters. The highest BCUT2D eigenvalue weighted by Crippen LogP contribution is 2.10. The van der Waals surface area contributed by atoms with E-state index in [9.17, 15) is 4.79 Å². The van der Waals surface area contributed by atoms with E-state index in [-0.39, 0.29) is 0 Å². The van der Waals surface area contributed by atoms with Crippen molar-refractivity contribution in [2.24, 2.45) is 0 Å². The SMILES string of the molecule is CCCCCC=CCC=CCCCCCCCCOC(=O)OCCCCCCCCC=CCCCCCC. The Hall–Kier alpha value is -1.51. The summed E-state index contributed by atoms with van der Waals surface area (Å²) in [5, 5.41) is 0. The first kappa shape index (κ1) is 36.5. The molecular weight excluding hydrogens is 468 g/mol. The molecule has 0 fully saturated rings. The van der Waals surface area contributed by atoms with Crippen LogP contribution in [-0.4, -0.2) is 19.4 Å². The summed E-state index contributed by atoms with van der Waals surface area (Å²) in [6.45, 7) is 5.49. The van der Waals surface area contributed by atoms with Crippen LogP contribution >= 0.6 is 0 Å². The molecule has 3 nitrogen and oxygen atoms in total. The van der Waals surface area contributed by atoms with Crippen molar-refractivity contribution in [2.75, 3.05) is 13.2 Å². The average Bonchev–Trinajstić information content (AvgIpc) is 2.92. The first-order chi connectivity index (χ1) is 18.8. The van der Waals surface area contributed by atoms with E-state index < -0.39 is 6.16 Å². The van der Waals surface area contributed by atoms with Crippen molar-refractivity contribution in [2.45, 2.75) is 168 Å². The summed E-state index contributed by atoms with van der Waals surface area (Å²) < 4.78 is 10.4. The highest BCUT2D eigenvalue weighted by molar-refractivity contribution is 5.59. The van der Waals surface area contributed by atoms with Crippen molar-refractivity contribution in [3.8, 4) is 0 Å². The van der Waals surface area contributed by atoms with Crippen LogP contribution in [0.4, 0.5) is 4.79 Å². The lowest BCUT2D eigenvalue weighted by atomic mass is 10.1. The Bertz CT molecular complexity index is 549. The third-order valence-electron chi connectivity index (χ3n) is 6.94. The fourth-order valence-electron chi connectivity index (χ4n) is 4.44. The Morgan fingerprint density at radius 2 is 0.737 bits per heavy atom. The van der Waals surface area contributed by atoms with Crippen molar-refractivity contribution in [1.82, 2.24) is 0 Å². The van der Waals surface area contributed by atoms with Crippen LogP contribution in [0.2, 0.25) is 0 Å². The monoisotopic (exact) mass is 532 g/mol. The zero-order valence-corrected chi connectivity index (χ0v) is 25.6. The molecule has 0 saturated carbocycles. The molecule has 0 aliphatic rings. The van der Waals surface area contributed by atoms with E-state index in [1.165, 1.54) is 122 Å². The number of carbonyl (C=O) groups excluding carboxylic acids is 1. The van der Waals surface area contributed by atoms with Gasteiger partial charge < -0.3 is 9.47 Å². The molecule has 0 aromatic carbocycles. The molecule has 0 unspecified atom stereocenters. The number of ether oxygens (including phenoxy) is 2. The molecule has 38 heavy (non-hydrogen) atoms. The molecular formula is C35H64O3. The Morgan fingerprint density at radius 1 is 0.421 bits per heavy atom. The van der Waals surface area contributed by atoms with Crippen molar-refractivity contribution in [3.63, 3.8) is 0 Å². The first-order valence-corrected chi connectivity index (χ1v) is 16.6. The molecule has 0 aliphatic heterocycles. The predicted octanol–water partition coefficient (Wildman–Crippen LogP) is 12.2. The lowest BCUT2D eigenvalue weighted by molar-refractivity contribution is 0.0529. The lowest BCUT2D eigenvalue weighted by Crippen LogP contribution is -2.09. The summed E-state index contributed by atoms with van der Waals surface area (Å²) in [7, 11) is 0. The van der Waals surface area contributed by atoms with Crippen LogP contribution in [0.5, 0.6) is 0 Å². The van der Waals surface area contributed by atoms with Gasteiger partial charge in [-0.15, -0.1) is 0 Å². The topological polar surface area (TPSA) is 35.5 Å². The van der Waals surface area contributed by atoms with Crippen LogP contribution in [0, 0.1) is 0 Å². The zero-order valence-electron chi connectivity index (χ0n) is 25.6. The zero-order chi connectivity index (χ0) is 27.6. The second-order valence-electron chi connectivity index (χ2n) is 10.8. The van der Waals surface area contributed by atoms with Gasteiger partial charge in [-0.1, -0.05) is 134 Å². The molecule has 0 aliphatic carbocycles. The van der Waals surface area contributed by atoms with E-state index in [1.54, 1.807) is 0 Å². The summed E-state index contributed by atoms with van der Waals surface area (Å²) in [5.74, 6) is 0. The predicted molar refractivity (Wildman–Crippen MR) is 167 cm³/mol. The Balaban J connectivity index is 3.25. The molecule has 0 rings (SSSR count). The molecule has 0 aromatic rings. The minimum atomic E-state index is -0.492. The Morgan fingerprint density at radius 3 is 1.18 bits per heavy atom.